The molecule has 0 radical (unpaired) electrons. The van der Waals surface area contributed by atoms with E-state index in [1.54, 1.807) is 31.3 Å². The topological polar surface area (TPSA) is 90.2 Å². The number of nitro benzene ring substituents is 1. The molecule has 0 spiro atoms. The zero-order chi connectivity index (χ0) is 15.2. The summed E-state index contributed by atoms with van der Waals surface area (Å²) in [6.45, 7) is 4.56. The second kappa shape index (κ2) is 6.65. The van der Waals surface area contributed by atoms with Crippen molar-refractivity contribution in [3.63, 3.8) is 0 Å². The molecule has 2 rings (SSSR count). The molecule has 2 aromatic rings. The van der Waals surface area contributed by atoms with Gasteiger partial charge in [-0.3, -0.25) is 10.1 Å². The SMILES string of the molecule is CCCNc1ncc(C)c(Oc2ccccc2[N+](=O)[O-])n1. The van der Waals surface area contributed by atoms with Crippen LogP contribution in [-0.4, -0.2) is 21.4 Å². The van der Waals surface area contributed by atoms with E-state index < -0.39 is 4.92 Å². The Bertz CT molecular complexity index is 646. The van der Waals surface area contributed by atoms with Gasteiger partial charge in [0.15, 0.2) is 0 Å². The lowest BCUT2D eigenvalue weighted by atomic mass is 10.3. The van der Waals surface area contributed by atoms with Crippen LogP contribution < -0.4 is 10.1 Å². The molecule has 0 fully saturated rings. The minimum Gasteiger partial charge on any atom is -0.431 e. The molecule has 0 atom stereocenters. The molecule has 0 aliphatic carbocycles. The Morgan fingerprint density at radius 1 is 1.38 bits per heavy atom. The molecular formula is C14H16N4O3. The summed E-state index contributed by atoms with van der Waals surface area (Å²) in [6, 6.07) is 6.20. The highest BCUT2D eigenvalue weighted by atomic mass is 16.6. The Labute approximate surface area is 122 Å². The minimum absolute atomic E-state index is 0.0985. The summed E-state index contributed by atoms with van der Waals surface area (Å²) in [5, 5.41) is 14.0. The van der Waals surface area contributed by atoms with Crippen molar-refractivity contribution >= 4 is 11.6 Å². The van der Waals surface area contributed by atoms with Gasteiger partial charge in [-0.25, -0.2) is 4.98 Å². The van der Waals surface area contributed by atoms with Crippen molar-refractivity contribution in [1.82, 2.24) is 9.97 Å². The van der Waals surface area contributed by atoms with Gasteiger partial charge in [0, 0.05) is 24.4 Å². The van der Waals surface area contributed by atoms with E-state index in [-0.39, 0.29) is 11.4 Å². The summed E-state index contributed by atoms with van der Waals surface area (Å²) in [6.07, 6.45) is 2.56. The first-order valence-corrected chi connectivity index (χ1v) is 6.60. The fourth-order valence-electron chi connectivity index (χ4n) is 1.65. The number of nitrogens with one attached hydrogen (secondary N) is 1. The van der Waals surface area contributed by atoms with Crippen LogP contribution >= 0.6 is 0 Å². The van der Waals surface area contributed by atoms with Gasteiger partial charge in [0.25, 0.3) is 0 Å². The quantitative estimate of drug-likeness (QED) is 0.647. The molecule has 110 valence electrons. The Hall–Kier alpha value is -2.70. The van der Waals surface area contributed by atoms with Crippen LogP contribution in [0.1, 0.15) is 18.9 Å². The predicted octanol–water partition coefficient (Wildman–Crippen LogP) is 3.31. The Morgan fingerprint density at radius 2 is 2.14 bits per heavy atom. The smallest absolute Gasteiger partial charge is 0.311 e. The molecule has 0 amide bonds. The molecule has 0 aliphatic rings. The number of anilines is 1. The highest BCUT2D eigenvalue weighted by molar-refractivity contribution is 5.48. The lowest BCUT2D eigenvalue weighted by Crippen LogP contribution is -2.05. The monoisotopic (exact) mass is 288 g/mol. The van der Waals surface area contributed by atoms with Gasteiger partial charge in [0.1, 0.15) is 0 Å². The average Bonchev–Trinajstić information content (AvgIpc) is 2.48. The van der Waals surface area contributed by atoms with Crippen molar-refractivity contribution in [3.8, 4) is 11.6 Å². The number of nitro groups is 1. The molecule has 7 nitrogen and oxygen atoms in total. The van der Waals surface area contributed by atoms with Crippen molar-refractivity contribution in [2.45, 2.75) is 20.3 Å². The van der Waals surface area contributed by atoms with Gasteiger partial charge in [-0.05, 0) is 19.4 Å². The van der Waals surface area contributed by atoms with Crippen LogP contribution in [0.5, 0.6) is 11.6 Å². The molecule has 0 aliphatic heterocycles. The molecule has 0 saturated carbocycles. The summed E-state index contributed by atoms with van der Waals surface area (Å²) in [5.41, 5.74) is 0.605. The lowest BCUT2D eigenvalue weighted by molar-refractivity contribution is -0.385. The normalized spacial score (nSPS) is 10.2. The van der Waals surface area contributed by atoms with Gasteiger partial charge >= 0.3 is 5.69 Å². The molecule has 1 N–H and O–H groups in total. The van der Waals surface area contributed by atoms with Crippen molar-refractivity contribution in [3.05, 3.63) is 46.1 Å². The van der Waals surface area contributed by atoms with Crippen molar-refractivity contribution in [2.75, 3.05) is 11.9 Å². The zero-order valence-electron chi connectivity index (χ0n) is 11.9. The largest absolute Gasteiger partial charge is 0.431 e. The summed E-state index contributed by atoms with van der Waals surface area (Å²) in [4.78, 5) is 18.9. The van der Waals surface area contributed by atoms with E-state index in [1.165, 1.54) is 6.07 Å². The van der Waals surface area contributed by atoms with Crippen LogP contribution in [0.3, 0.4) is 0 Å². The summed E-state index contributed by atoms with van der Waals surface area (Å²) in [5.74, 6) is 0.902. The molecule has 1 aromatic heterocycles. The second-order valence-corrected chi connectivity index (χ2v) is 4.44. The first kappa shape index (κ1) is 14.7. The molecule has 1 aromatic carbocycles. The summed E-state index contributed by atoms with van der Waals surface area (Å²) in [7, 11) is 0. The molecule has 7 heteroatoms. The number of nitrogens with zero attached hydrogens (tertiary/aromatic N) is 3. The van der Waals surface area contributed by atoms with Gasteiger partial charge < -0.3 is 10.1 Å². The summed E-state index contributed by atoms with van der Waals surface area (Å²) >= 11 is 0. The number of aromatic nitrogens is 2. The van der Waals surface area contributed by atoms with E-state index in [0.717, 1.165) is 13.0 Å². The Balaban J connectivity index is 2.29. The molecule has 1 heterocycles. The van der Waals surface area contributed by atoms with Crippen molar-refractivity contribution < 1.29 is 9.66 Å². The first-order valence-electron chi connectivity index (χ1n) is 6.60. The second-order valence-electron chi connectivity index (χ2n) is 4.44. The van der Waals surface area contributed by atoms with E-state index in [1.807, 2.05) is 6.92 Å². The maximum absolute atomic E-state index is 11.0. The van der Waals surface area contributed by atoms with E-state index in [9.17, 15) is 10.1 Å². The molecule has 0 unspecified atom stereocenters. The standard InChI is InChI=1S/C14H16N4O3/c1-3-8-15-14-16-9-10(2)13(17-14)21-12-7-5-4-6-11(12)18(19)20/h4-7,9H,3,8H2,1-2H3,(H,15,16,17). The number of aryl methyl sites for hydroxylation is 1. The molecule has 0 bridgehead atoms. The highest BCUT2D eigenvalue weighted by Crippen LogP contribution is 2.31. The fourth-order valence-corrected chi connectivity index (χ4v) is 1.65. The zero-order valence-corrected chi connectivity index (χ0v) is 11.9. The van der Waals surface area contributed by atoms with Gasteiger partial charge in [-0.15, -0.1) is 0 Å². The summed E-state index contributed by atoms with van der Waals surface area (Å²) < 4.78 is 5.59. The van der Waals surface area contributed by atoms with E-state index in [4.69, 9.17) is 4.74 Å². The number of para-hydroxylation sites is 2. The number of ether oxygens (including phenoxy) is 1. The maximum Gasteiger partial charge on any atom is 0.311 e. The van der Waals surface area contributed by atoms with Gasteiger partial charge in [-0.1, -0.05) is 19.1 Å². The van der Waals surface area contributed by atoms with Gasteiger partial charge in [0.05, 0.1) is 4.92 Å². The van der Waals surface area contributed by atoms with Crippen LogP contribution in [0.25, 0.3) is 0 Å². The third-order valence-corrected chi connectivity index (χ3v) is 2.73. The average molecular weight is 288 g/mol. The lowest BCUT2D eigenvalue weighted by Gasteiger charge is -2.09. The highest BCUT2D eigenvalue weighted by Gasteiger charge is 2.16. The van der Waals surface area contributed by atoms with Crippen LogP contribution in [0.4, 0.5) is 11.6 Å². The van der Waals surface area contributed by atoms with Crippen LogP contribution in [0, 0.1) is 17.0 Å². The minimum atomic E-state index is -0.484. The van der Waals surface area contributed by atoms with Crippen molar-refractivity contribution in [1.29, 1.82) is 0 Å². The van der Waals surface area contributed by atoms with Gasteiger partial charge in [0.2, 0.25) is 17.6 Å². The van der Waals surface area contributed by atoms with E-state index in [0.29, 0.717) is 17.4 Å². The van der Waals surface area contributed by atoms with E-state index in [2.05, 4.69) is 15.3 Å². The number of hydrogen-bond acceptors (Lipinski definition) is 6. The number of hydrogen-bond donors (Lipinski definition) is 1. The Kier molecular flexibility index (Phi) is 4.65. The van der Waals surface area contributed by atoms with Gasteiger partial charge in [-0.2, -0.15) is 4.98 Å². The third-order valence-electron chi connectivity index (χ3n) is 2.73. The third kappa shape index (κ3) is 3.65. The molecule has 21 heavy (non-hydrogen) atoms. The first-order chi connectivity index (χ1) is 10.1. The predicted molar refractivity (Wildman–Crippen MR) is 78.7 cm³/mol. The van der Waals surface area contributed by atoms with Crippen LogP contribution in [0.2, 0.25) is 0 Å². The Morgan fingerprint density at radius 3 is 2.86 bits per heavy atom. The molecule has 0 saturated heterocycles. The molecular weight excluding hydrogens is 272 g/mol. The van der Waals surface area contributed by atoms with Crippen molar-refractivity contribution in [2.24, 2.45) is 0 Å². The maximum atomic E-state index is 11.0. The van der Waals surface area contributed by atoms with Crippen LogP contribution in [-0.2, 0) is 0 Å². The number of rotatable bonds is 6. The number of benzene rings is 1. The van der Waals surface area contributed by atoms with E-state index >= 15 is 0 Å². The van der Waals surface area contributed by atoms with Crippen LogP contribution in [0.15, 0.2) is 30.5 Å². The fraction of sp³-hybridized carbons (Fsp3) is 0.286.